The molecule has 6 atom stereocenters. The van der Waals surface area contributed by atoms with Crippen LogP contribution in [-0.4, -0.2) is 88.4 Å². The fourth-order valence-electron chi connectivity index (χ4n) is 7.25. The average molecular weight is 927 g/mol. The van der Waals surface area contributed by atoms with Gasteiger partial charge in [0.05, 0.1) is 6.61 Å². The summed E-state index contributed by atoms with van der Waals surface area (Å²) in [5, 5.41) is 39.9. The molecule has 6 unspecified atom stereocenters. The molecule has 1 fully saturated rings. The maximum Gasteiger partial charge on any atom is 0.335 e. The lowest BCUT2D eigenvalue weighted by Crippen LogP contribution is -2.60. The Bertz CT molecular complexity index is 1410. The van der Waals surface area contributed by atoms with Crippen LogP contribution in [-0.2, 0) is 33.3 Å². The summed E-state index contributed by atoms with van der Waals surface area (Å²) in [5.74, 6) is -2.56. The van der Waals surface area contributed by atoms with Gasteiger partial charge in [0, 0.05) is 12.8 Å². The molecule has 11 heteroatoms. The van der Waals surface area contributed by atoms with Gasteiger partial charge < -0.3 is 39.4 Å². The Morgan fingerprint density at radius 3 is 1.41 bits per heavy atom. The zero-order chi connectivity index (χ0) is 48.1. The van der Waals surface area contributed by atoms with Crippen LogP contribution in [0.5, 0.6) is 0 Å². The third kappa shape index (κ3) is 34.7. The summed E-state index contributed by atoms with van der Waals surface area (Å²) in [5.41, 5.74) is 0. The molecule has 1 saturated heterocycles. The van der Waals surface area contributed by atoms with Gasteiger partial charge in [-0.05, 0) is 77.0 Å². The van der Waals surface area contributed by atoms with Crippen molar-refractivity contribution in [2.24, 2.45) is 0 Å². The van der Waals surface area contributed by atoms with Crippen LogP contribution in [0.1, 0.15) is 194 Å². The first-order valence-corrected chi connectivity index (χ1v) is 25.6. The molecule has 1 rings (SSSR count). The Balaban J connectivity index is 2.36. The zero-order valence-electron chi connectivity index (χ0n) is 40.9. The molecule has 0 aromatic heterocycles. The van der Waals surface area contributed by atoms with Gasteiger partial charge in [0.2, 0.25) is 0 Å². The number of unbranched alkanes of at least 4 members (excludes halogenated alkanes) is 17. The molecule has 0 bridgehead atoms. The Morgan fingerprint density at radius 2 is 0.924 bits per heavy atom. The summed E-state index contributed by atoms with van der Waals surface area (Å²) < 4.78 is 21.7. The first kappa shape index (κ1) is 60.4. The quantitative estimate of drug-likeness (QED) is 0.0261. The van der Waals surface area contributed by atoms with E-state index >= 15 is 0 Å². The second kappa shape index (κ2) is 43.9. The van der Waals surface area contributed by atoms with Crippen molar-refractivity contribution >= 4 is 17.9 Å². The first-order valence-electron chi connectivity index (χ1n) is 25.6. The maximum absolute atomic E-state index is 12.8. The van der Waals surface area contributed by atoms with E-state index in [2.05, 4.69) is 86.8 Å². The van der Waals surface area contributed by atoms with Crippen molar-refractivity contribution in [3.63, 3.8) is 0 Å². The molecule has 0 spiro atoms. The first-order chi connectivity index (χ1) is 32.2. The summed E-state index contributed by atoms with van der Waals surface area (Å²) in [6.45, 7) is 3.64. The Kier molecular flexibility index (Phi) is 40.2. The van der Waals surface area contributed by atoms with Gasteiger partial charge in [0.25, 0.3) is 0 Å². The molecule has 66 heavy (non-hydrogen) atoms. The maximum atomic E-state index is 12.8. The van der Waals surface area contributed by atoms with E-state index in [1.165, 1.54) is 96.3 Å². The zero-order valence-corrected chi connectivity index (χ0v) is 40.9. The van der Waals surface area contributed by atoms with Crippen LogP contribution in [0.2, 0.25) is 0 Å². The smallest absolute Gasteiger partial charge is 0.335 e. The SMILES string of the molecule is CC/C=C\C/C=C\C/C=C\C/C=C\C/C=C\C/C=C\CCC(=O)OCC(COC1OC(C(=O)O)C(O)C(O)C1O)OC(=O)CCCCCCCCCCC/C=C\CCCCCCCCCC. The van der Waals surface area contributed by atoms with Gasteiger partial charge in [-0.3, -0.25) is 9.59 Å². The van der Waals surface area contributed by atoms with Crippen molar-refractivity contribution in [3.05, 3.63) is 85.1 Å². The van der Waals surface area contributed by atoms with E-state index in [0.717, 1.165) is 57.8 Å². The third-order valence-corrected chi connectivity index (χ3v) is 11.2. The highest BCUT2D eigenvalue weighted by Crippen LogP contribution is 2.23. The number of hydrogen-bond acceptors (Lipinski definition) is 10. The van der Waals surface area contributed by atoms with E-state index < -0.39 is 61.3 Å². The second-order valence-corrected chi connectivity index (χ2v) is 17.3. The van der Waals surface area contributed by atoms with Crippen LogP contribution in [0.4, 0.5) is 0 Å². The highest BCUT2D eigenvalue weighted by Gasteiger charge is 2.47. The molecule has 0 aromatic carbocycles. The molecule has 11 nitrogen and oxygen atoms in total. The number of ether oxygens (including phenoxy) is 4. The lowest BCUT2D eigenvalue weighted by atomic mass is 9.99. The molecule has 376 valence electrons. The number of carbonyl (C=O) groups is 3. The predicted octanol–water partition coefficient (Wildman–Crippen LogP) is 12.2. The Hall–Kier alpha value is -3.61. The average Bonchev–Trinajstić information content (AvgIpc) is 3.30. The van der Waals surface area contributed by atoms with Crippen molar-refractivity contribution in [3.8, 4) is 0 Å². The minimum absolute atomic E-state index is 0.106. The minimum Gasteiger partial charge on any atom is -0.479 e. The molecule has 0 saturated carbocycles. The summed E-state index contributed by atoms with van der Waals surface area (Å²) >= 11 is 0. The summed E-state index contributed by atoms with van der Waals surface area (Å²) in [6, 6.07) is 0. The van der Waals surface area contributed by atoms with E-state index in [4.69, 9.17) is 18.9 Å². The number of esters is 2. The standard InChI is InChI=1S/C55H90O11/c1-3-5-7-9-11-13-15-17-19-21-23-24-26-28-30-32-34-36-38-40-42-44-49(57)65-47(46-64-55-52(60)50(58)51(59)53(66-55)54(61)62)45-63-48(56)43-41-39-37-35-33-31-29-27-25-22-20-18-16-14-12-10-8-6-4-2/h6,8,12,14,18,20-21,23,25,27,31,33,37,39,47,50-53,55,58-60H,3-5,7,9-11,13,15-17,19,22,24,26,28-30,32,34-36,38,40-46H2,1-2H3,(H,61,62)/b8-6-,14-12-,20-18-,23-21-,27-25-,33-31-,39-37-. The van der Waals surface area contributed by atoms with E-state index in [-0.39, 0.29) is 19.4 Å². The molecule has 4 N–H and O–H groups in total. The van der Waals surface area contributed by atoms with Crippen molar-refractivity contribution in [1.29, 1.82) is 0 Å². The van der Waals surface area contributed by atoms with Crippen molar-refractivity contribution in [2.45, 2.75) is 230 Å². The van der Waals surface area contributed by atoms with Gasteiger partial charge in [-0.25, -0.2) is 4.79 Å². The number of aliphatic carboxylic acids is 1. The van der Waals surface area contributed by atoms with Crippen LogP contribution in [0.25, 0.3) is 0 Å². The van der Waals surface area contributed by atoms with E-state index in [1.54, 1.807) is 0 Å². The van der Waals surface area contributed by atoms with Crippen LogP contribution in [0.15, 0.2) is 85.1 Å². The van der Waals surface area contributed by atoms with E-state index in [9.17, 15) is 34.8 Å². The number of aliphatic hydroxyl groups excluding tert-OH is 3. The third-order valence-electron chi connectivity index (χ3n) is 11.2. The summed E-state index contributed by atoms with van der Waals surface area (Å²) in [6.07, 6.45) is 49.3. The second-order valence-electron chi connectivity index (χ2n) is 17.3. The highest BCUT2D eigenvalue weighted by atomic mass is 16.7. The Labute approximate surface area is 399 Å². The molecule has 1 heterocycles. The van der Waals surface area contributed by atoms with Crippen LogP contribution in [0, 0.1) is 0 Å². The molecule has 0 aliphatic carbocycles. The number of hydrogen-bond donors (Lipinski definition) is 4. The van der Waals surface area contributed by atoms with Crippen LogP contribution >= 0.6 is 0 Å². The minimum atomic E-state index is -1.88. The number of allylic oxidation sites excluding steroid dienone is 14. The number of aliphatic hydroxyl groups is 3. The van der Waals surface area contributed by atoms with Crippen molar-refractivity contribution in [1.82, 2.24) is 0 Å². The van der Waals surface area contributed by atoms with Crippen LogP contribution < -0.4 is 0 Å². The van der Waals surface area contributed by atoms with Crippen molar-refractivity contribution < 1.29 is 53.8 Å². The summed E-state index contributed by atoms with van der Waals surface area (Å²) in [4.78, 5) is 37.0. The largest absolute Gasteiger partial charge is 0.479 e. The molecule has 0 aromatic rings. The molecular weight excluding hydrogens is 837 g/mol. The molecule has 1 aliphatic rings. The van der Waals surface area contributed by atoms with Crippen LogP contribution in [0.3, 0.4) is 0 Å². The fraction of sp³-hybridized carbons (Fsp3) is 0.691. The topological polar surface area (TPSA) is 169 Å². The molecule has 0 radical (unpaired) electrons. The van der Waals surface area contributed by atoms with E-state index in [1.807, 2.05) is 12.2 Å². The normalized spacial score (nSPS) is 19.8. The monoisotopic (exact) mass is 927 g/mol. The van der Waals surface area contributed by atoms with Gasteiger partial charge in [0.1, 0.15) is 24.9 Å². The van der Waals surface area contributed by atoms with Gasteiger partial charge in [-0.2, -0.15) is 0 Å². The van der Waals surface area contributed by atoms with E-state index in [0.29, 0.717) is 12.8 Å². The number of carboxylic acids is 1. The molecule has 0 amide bonds. The molecular formula is C55H90O11. The lowest BCUT2D eigenvalue weighted by molar-refractivity contribution is -0.298. The summed E-state index contributed by atoms with van der Waals surface area (Å²) in [7, 11) is 0. The van der Waals surface area contributed by atoms with Gasteiger partial charge in [0.15, 0.2) is 18.5 Å². The lowest BCUT2D eigenvalue weighted by Gasteiger charge is -2.38. The number of carbonyl (C=O) groups excluding carboxylic acids is 2. The fourth-order valence-corrected chi connectivity index (χ4v) is 7.25. The number of carboxylic acid groups (broad SMARTS) is 1. The van der Waals surface area contributed by atoms with Gasteiger partial charge in [-0.1, -0.05) is 189 Å². The Morgan fingerprint density at radius 1 is 0.485 bits per heavy atom. The van der Waals surface area contributed by atoms with Crippen molar-refractivity contribution in [2.75, 3.05) is 13.2 Å². The predicted molar refractivity (Wildman–Crippen MR) is 266 cm³/mol. The van der Waals surface area contributed by atoms with Gasteiger partial charge in [-0.15, -0.1) is 0 Å². The van der Waals surface area contributed by atoms with Gasteiger partial charge >= 0.3 is 17.9 Å². The number of rotatable bonds is 42. The highest BCUT2D eigenvalue weighted by molar-refractivity contribution is 5.73. The molecule has 1 aliphatic heterocycles.